The van der Waals surface area contributed by atoms with Crippen LogP contribution in [0.3, 0.4) is 0 Å². The van der Waals surface area contributed by atoms with Crippen LogP contribution in [0.15, 0.2) is 18.2 Å². The maximum Gasteiger partial charge on any atom is 0.244 e. The topological polar surface area (TPSA) is 73.6 Å². The van der Waals surface area contributed by atoms with Crippen LogP contribution in [0.1, 0.15) is 38.5 Å². The van der Waals surface area contributed by atoms with Gasteiger partial charge in [-0.2, -0.15) is 0 Å². The maximum atomic E-state index is 12.4. The zero-order valence-electron chi connectivity index (χ0n) is 13.1. The van der Waals surface area contributed by atoms with Crippen molar-refractivity contribution in [3.05, 3.63) is 23.2 Å². The third kappa shape index (κ3) is 3.97. The van der Waals surface area contributed by atoms with E-state index in [2.05, 4.69) is 5.32 Å². The Hall–Kier alpha value is -1.30. The molecule has 1 aromatic carbocycles. The Bertz CT molecular complexity index is 567. The molecule has 2 fully saturated rings. The van der Waals surface area contributed by atoms with Crippen LogP contribution in [0.25, 0.3) is 0 Å². The summed E-state index contributed by atoms with van der Waals surface area (Å²) in [6, 6.07) is 5.33. The van der Waals surface area contributed by atoms with E-state index in [0.29, 0.717) is 42.5 Å². The van der Waals surface area contributed by atoms with Crippen molar-refractivity contribution < 1.29 is 14.3 Å². The highest BCUT2D eigenvalue weighted by atomic mass is 35.5. The molecule has 1 aliphatic carbocycles. The van der Waals surface area contributed by atoms with Gasteiger partial charge in [-0.05, 0) is 56.7 Å². The molecule has 0 atom stereocenters. The molecule has 126 valence electrons. The molecule has 23 heavy (non-hydrogen) atoms. The predicted molar refractivity (Wildman–Crippen MR) is 89.9 cm³/mol. The third-order valence-electron chi connectivity index (χ3n) is 4.62. The molecule has 1 amide bonds. The second-order valence-electron chi connectivity index (χ2n) is 6.39. The van der Waals surface area contributed by atoms with Crippen LogP contribution >= 0.6 is 11.6 Å². The first-order valence-electron chi connectivity index (χ1n) is 8.21. The number of carbonyl (C=O) groups is 1. The van der Waals surface area contributed by atoms with Gasteiger partial charge in [-0.1, -0.05) is 11.6 Å². The molecule has 3 rings (SSSR count). The first-order chi connectivity index (χ1) is 11.1. The predicted octanol–water partition coefficient (Wildman–Crippen LogP) is 3.11. The van der Waals surface area contributed by atoms with E-state index in [1.807, 2.05) is 6.07 Å². The highest BCUT2D eigenvalue weighted by Gasteiger charge is 2.36. The molecule has 1 heterocycles. The number of ether oxygens (including phenoxy) is 2. The van der Waals surface area contributed by atoms with E-state index in [4.69, 9.17) is 26.8 Å². The molecule has 5 nitrogen and oxygen atoms in total. The Morgan fingerprint density at radius 3 is 2.65 bits per heavy atom. The average Bonchev–Trinajstić information content (AvgIpc) is 3.04. The zero-order chi connectivity index (χ0) is 16.3. The smallest absolute Gasteiger partial charge is 0.244 e. The highest BCUT2D eigenvalue weighted by Crippen LogP contribution is 2.32. The summed E-state index contributed by atoms with van der Waals surface area (Å²) in [6.45, 7) is 1.03. The van der Waals surface area contributed by atoms with E-state index in [9.17, 15) is 4.79 Å². The van der Waals surface area contributed by atoms with Crippen molar-refractivity contribution in [1.29, 1.82) is 0 Å². The number of hydrogen-bond donors (Lipinski definition) is 2. The van der Waals surface area contributed by atoms with Gasteiger partial charge in [-0.3, -0.25) is 4.79 Å². The van der Waals surface area contributed by atoms with Crippen LogP contribution in [0.2, 0.25) is 5.02 Å². The van der Waals surface area contributed by atoms with Gasteiger partial charge in [0.2, 0.25) is 5.91 Å². The van der Waals surface area contributed by atoms with Crippen LogP contribution < -0.4 is 15.8 Å². The Morgan fingerprint density at radius 2 is 2.00 bits per heavy atom. The van der Waals surface area contributed by atoms with Gasteiger partial charge in [0, 0.05) is 18.9 Å². The number of halogens is 1. The van der Waals surface area contributed by atoms with Crippen LogP contribution in [0.4, 0.5) is 5.69 Å². The minimum Gasteiger partial charge on any atom is -0.489 e. The molecule has 2 aliphatic rings. The van der Waals surface area contributed by atoms with Gasteiger partial charge in [0.05, 0.1) is 11.1 Å². The van der Waals surface area contributed by atoms with Crippen LogP contribution in [0.5, 0.6) is 5.75 Å². The lowest BCUT2D eigenvalue weighted by molar-refractivity contribution is -0.124. The first kappa shape index (κ1) is 16.6. The van der Waals surface area contributed by atoms with Crippen LogP contribution in [-0.4, -0.2) is 30.8 Å². The van der Waals surface area contributed by atoms with Gasteiger partial charge in [-0.25, -0.2) is 0 Å². The fourth-order valence-electron chi connectivity index (χ4n) is 3.08. The second-order valence-corrected chi connectivity index (χ2v) is 6.80. The monoisotopic (exact) mass is 338 g/mol. The van der Waals surface area contributed by atoms with Gasteiger partial charge in [0.25, 0.3) is 0 Å². The molecule has 1 saturated carbocycles. The van der Waals surface area contributed by atoms with E-state index < -0.39 is 5.54 Å². The number of hydrogen-bond acceptors (Lipinski definition) is 4. The number of carbonyl (C=O) groups excluding carboxylic acids is 1. The summed E-state index contributed by atoms with van der Waals surface area (Å²) in [5, 5.41) is 3.36. The third-order valence-corrected chi connectivity index (χ3v) is 4.92. The van der Waals surface area contributed by atoms with E-state index in [1.54, 1.807) is 12.1 Å². The summed E-state index contributed by atoms with van der Waals surface area (Å²) < 4.78 is 11.2. The fourth-order valence-corrected chi connectivity index (χ4v) is 3.30. The normalized spacial score (nSPS) is 21.1. The number of benzene rings is 1. The van der Waals surface area contributed by atoms with Crippen molar-refractivity contribution in [2.45, 2.75) is 50.2 Å². The second kappa shape index (κ2) is 7.07. The number of anilines is 1. The van der Waals surface area contributed by atoms with Crippen molar-refractivity contribution in [3.63, 3.8) is 0 Å². The number of nitrogens with one attached hydrogen (secondary N) is 1. The van der Waals surface area contributed by atoms with Crippen molar-refractivity contribution >= 4 is 23.2 Å². The van der Waals surface area contributed by atoms with Crippen molar-refractivity contribution in [3.8, 4) is 5.75 Å². The molecule has 1 aliphatic heterocycles. The Balaban J connectivity index is 1.64. The molecule has 0 spiro atoms. The van der Waals surface area contributed by atoms with Crippen molar-refractivity contribution in [2.24, 2.45) is 5.73 Å². The van der Waals surface area contributed by atoms with Crippen LogP contribution in [-0.2, 0) is 9.53 Å². The lowest BCUT2D eigenvalue weighted by Crippen LogP contribution is -2.54. The molecule has 0 radical (unpaired) electrons. The average molecular weight is 339 g/mol. The van der Waals surface area contributed by atoms with Gasteiger partial charge in [0.15, 0.2) is 0 Å². The molecule has 0 bridgehead atoms. The summed E-state index contributed by atoms with van der Waals surface area (Å²) in [6.07, 6.45) is 5.86. The first-order valence-corrected chi connectivity index (χ1v) is 8.59. The van der Waals surface area contributed by atoms with E-state index in [-0.39, 0.29) is 12.0 Å². The number of amides is 1. The molecule has 1 saturated heterocycles. The van der Waals surface area contributed by atoms with Crippen molar-refractivity contribution in [2.75, 3.05) is 18.5 Å². The highest BCUT2D eigenvalue weighted by molar-refractivity contribution is 6.32. The number of nitrogens with two attached hydrogens (primary N) is 1. The van der Waals surface area contributed by atoms with Gasteiger partial charge in [0.1, 0.15) is 11.3 Å². The zero-order valence-corrected chi connectivity index (χ0v) is 13.9. The standard InChI is InChI=1S/C17H23ClN2O3/c18-14-11-12(5-6-15(14)23-13-3-1-2-4-13)20-16(21)17(19)7-9-22-10-8-17/h5-6,11,13H,1-4,7-10,19H2,(H,20,21). The van der Waals surface area contributed by atoms with Crippen LogP contribution in [0, 0.1) is 0 Å². The minimum atomic E-state index is -0.871. The van der Waals surface area contributed by atoms with Crippen molar-refractivity contribution in [1.82, 2.24) is 0 Å². The quantitative estimate of drug-likeness (QED) is 0.884. The van der Waals surface area contributed by atoms with E-state index >= 15 is 0 Å². The lowest BCUT2D eigenvalue weighted by atomic mass is 9.90. The summed E-state index contributed by atoms with van der Waals surface area (Å²) in [5.74, 6) is 0.478. The summed E-state index contributed by atoms with van der Waals surface area (Å²) in [4.78, 5) is 12.4. The Kier molecular flexibility index (Phi) is 5.09. The van der Waals surface area contributed by atoms with E-state index in [1.165, 1.54) is 12.8 Å². The summed E-state index contributed by atoms with van der Waals surface area (Å²) in [5.41, 5.74) is 5.94. The maximum absolute atomic E-state index is 12.4. The van der Waals surface area contributed by atoms with Gasteiger partial charge in [-0.15, -0.1) is 0 Å². The molecule has 0 unspecified atom stereocenters. The number of rotatable bonds is 4. The molecular formula is C17H23ClN2O3. The summed E-state index contributed by atoms with van der Waals surface area (Å²) >= 11 is 6.28. The Labute approximate surface area is 141 Å². The molecule has 6 heteroatoms. The minimum absolute atomic E-state index is 0.193. The molecular weight excluding hydrogens is 316 g/mol. The SMILES string of the molecule is NC1(C(=O)Nc2ccc(OC3CCCC3)c(Cl)c2)CCOCC1. The Morgan fingerprint density at radius 1 is 1.30 bits per heavy atom. The van der Waals surface area contributed by atoms with E-state index in [0.717, 1.165) is 12.8 Å². The fraction of sp³-hybridized carbons (Fsp3) is 0.588. The lowest BCUT2D eigenvalue weighted by Gasteiger charge is -2.31. The molecule has 0 aromatic heterocycles. The molecule has 3 N–H and O–H groups in total. The largest absolute Gasteiger partial charge is 0.489 e. The van der Waals surface area contributed by atoms with Gasteiger partial charge < -0.3 is 20.5 Å². The summed E-state index contributed by atoms with van der Waals surface area (Å²) in [7, 11) is 0. The molecule has 1 aromatic rings. The van der Waals surface area contributed by atoms with Gasteiger partial charge >= 0.3 is 0 Å².